The molecule has 6 heteroatoms. The number of hydrogen-bond acceptors (Lipinski definition) is 4. The Morgan fingerprint density at radius 1 is 1.29 bits per heavy atom. The van der Waals surface area contributed by atoms with E-state index in [0.717, 1.165) is 11.1 Å². The first-order valence-corrected chi connectivity index (χ1v) is 7.46. The first-order valence-electron chi connectivity index (χ1n) is 6.51. The third-order valence-corrected chi connectivity index (χ3v) is 4.25. The van der Waals surface area contributed by atoms with Gasteiger partial charge >= 0.3 is 11.8 Å². The van der Waals surface area contributed by atoms with Gasteiger partial charge < -0.3 is 10.2 Å². The summed E-state index contributed by atoms with van der Waals surface area (Å²) in [5, 5.41) is 6.38. The van der Waals surface area contributed by atoms with E-state index in [4.69, 9.17) is 0 Å². The second kappa shape index (κ2) is 6.49. The number of carbonyl (C=O) groups excluding carboxylic acids is 2. The summed E-state index contributed by atoms with van der Waals surface area (Å²) in [5.41, 5.74) is 2.56. The van der Waals surface area contributed by atoms with Crippen LogP contribution in [-0.2, 0) is 9.59 Å². The predicted molar refractivity (Wildman–Crippen MR) is 83.1 cm³/mol. The molecule has 21 heavy (non-hydrogen) atoms. The zero-order valence-corrected chi connectivity index (χ0v) is 13.0. The summed E-state index contributed by atoms with van der Waals surface area (Å²) in [7, 11) is 1.62. The molecular weight excluding hydrogens is 286 g/mol. The van der Waals surface area contributed by atoms with Gasteiger partial charge in [0, 0.05) is 24.8 Å². The molecule has 0 saturated heterocycles. The van der Waals surface area contributed by atoms with Crippen molar-refractivity contribution in [2.75, 3.05) is 12.4 Å². The van der Waals surface area contributed by atoms with Gasteiger partial charge in [-0.2, -0.15) is 0 Å². The van der Waals surface area contributed by atoms with Crippen LogP contribution in [0.1, 0.15) is 24.1 Å². The van der Waals surface area contributed by atoms with Crippen molar-refractivity contribution in [3.05, 3.63) is 46.4 Å². The number of likely N-dealkylation sites (N-methyl/N-ethyl adjacent to an activating group) is 1. The highest BCUT2D eigenvalue weighted by atomic mass is 32.1. The molecule has 0 fully saturated rings. The molecule has 2 heterocycles. The number of aromatic nitrogens is 1. The molecule has 2 aromatic rings. The lowest BCUT2D eigenvalue weighted by Gasteiger charge is -2.24. The molecule has 0 aromatic carbocycles. The highest BCUT2D eigenvalue weighted by molar-refractivity contribution is 7.08. The van der Waals surface area contributed by atoms with Crippen molar-refractivity contribution < 1.29 is 9.59 Å². The van der Waals surface area contributed by atoms with E-state index < -0.39 is 11.8 Å². The summed E-state index contributed by atoms with van der Waals surface area (Å²) in [5.74, 6) is -1.19. The van der Waals surface area contributed by atoms with Crippen LogP contribution in [0.25, 0.3) is 0 Å². The normalized spacial score (nSPS) is 11.8. The molecule has 2 aromatic heterocycles. The number of rotatable bonds is 3. The van der Waals surface area contributed by atoms with Gasteiger partial charge in [-0.3, -0.25) is 14.6 Å². The quantitative estimate of drug-likeness (QED) is 0.887. The molecule has 5 nitrogen and oxygen atoms in total. The number of aryl methyl sites for hydroxylation is 1. The van der Waals surface area contributed by atoms with Crippen LogP contribution >= 0.6 is 11.3 Å². The Balaban J connectivity index is 2.05. The third-order valence-electron chi connectivity index (χ3n) is 3.39. The maximum Gasteiger partial charge on any atom is 0.313 e. The van der Waals surface area contributed by atoms with Gasteiger partial charge in [0.25, 0.3) is 0 Å². The van der Waals surface area contributed by atoms with Crippen molar-refractivity contribution >= 4 is 28.8 Å². The van der Waals surface area contributed by atoms with E-state index in [2.05, 4.69) is 10.3 Å². The number of amides is 2. The Morgan fingerprint density at radius 2 is 1.95 bits per heavy atom. The van der Waals surface area contributed by atoms with E-state index in [0.29, 0.717) is 5.69 Å². The Labute approximate surface area is 127 Å². The average Bonchev–Trinajstić information content (AvgIpc) is 2.91. The first kappa shape index (κ1) is 15.2. The summed E-state index contributed by atoms with van der Waals surface area (Å²) in [6.07, 6.45) is 3.33. The van der Waals surface area contributed by atoms with Crippen molar-refractivity contribution in [3.8, 4) is 0 Å². The van der Waals surface area contributed by atoms with E-state index in [1.54, 1.807) is 19.4 Å². The number of carbonyl (C=O) groups is 2. The van der Waals surface area contributed by atoms with E-state index >= 15 is 0 Å². The topological polar surface area (TPSA) is 62.3 Å². The lowest BCUT2D eigenvalue weighted by atomic mass is 10.1. The summed E-state index contributed by atoms with van der Waals surface area (Å²) in [6.45, 7) is 3.76. The van der Waals surface area contributed by atoms with E-state index in [-0.39, 0.29) is 6.04 Å². The fourth-order valence-corrected chi connectivity index (χ4v) is 2.65. The van der Waals surface area contributed by atoms with Crippen molar-refractivity contribution in [2.45, 2.75) is 19.9 Å². The minimum atomic E-state index is -0.625. The molecule has 0 saturated carbocycles. The average molecular weight is 303 g/mol. The SMILES string of the molecule is Cc1cscc1NC(=O)C(=O)N(C)[C@@H](C)c1ccncc1. The van der Waals surface area contributed by atoms with Crippen molar-refractivity contribution in [3.63, 3.8) is 0 Å². The van der Waals surface area contributed by atoms with Gasteiger partial charge in [-0.05, 0) is 42.5 Å². The summed E-state index contributed by atoms with van der Waals surface area (Å²) < 4.78 is 0. The van der Waals surface area contributed by atoms with Crippen LogP contribution in [0.5, 0.6) is 0 Å². The molecule has 2 rings (SSSR count). The summed E-state index contributed by atoms with van der Waals surface area (Å²) in [6, 6.07) is 3.46. The molecule has 0 spiro atoms. The number of pyridine rings is 1. The van der Waals surface area contributed by atoms with Crippen LogP contribution in [0.4, 0.5) is 5.69 Å². The van der Waals surface area contributed by atoms with Gasteiger partial charge in [-0.25, -0.2) is 0 Å². The minimum absolute atomic E-state index is 0.199. The molecule has 0 unspecified atom stereocenters. The van der Waals surface area contributed by atoms with Crippen molar-refractivity contribution in [1.29, 1.82) is 0 Å². The van der Waals surface area contributed by atoms with Crippen LogP contribution in [0.15, 0.2) is 35.3 Å². The molecule has 2 amide bonds. The van der Waals surface area contributed by atoms with E-state index in [9.17, 15) is 9.59 Å². The molecule has 1 atom stereocenters. The van der Waals surface area contributed by atoms with Gasteiger partial charge in [0.15, 0.2) is 0 Å². The third kappa shape index (κ3) is 3.46. The fourth-order valence-electron chi connectivity index (χ4n) is 1.87. The van der Waals surface area contributed by atoms with Crippen molar-refractivity contribution in [2.24, 2.45) is 0 Å². The van der Waals surface area contributed by atoms with Gasteiger partial charge in [0.1, 0.15) is 0 Å². The van der Waals surface area contributed by atoms with E-state index in [1.807, 2.05) is 36.7 Å². The van der Waals surface area contributed by atoms with Crippen LogP contribution in [-0.4, -0.2) is 28.7 Å². The number of anilines is 1. The fraction of sp³-hybridized carbons (Fsp3) is 0.267. The largest absolute Gasteiger partial charge is 0.331 e. The van der Waals surface area contributed by atoms with Gasteiger partial charge in [-0.1, -0.05) is 0 Å². The van der Waals surface area contributed by atoms with Gasteiger partial charge in [0.05, 0.1) is 11.7 Å². The summed E-state index contributed by atoms with van der Waals surface area (Å²) >= 11 is 1.48. The number of thiophene rings is 1. The minimum Gasteiger partial charge on any atom is -0.331 e. The Hall–Kier alpha value is -2.21. The first-order chi connectivity index (χ1) is 10.0. The van der Waals surface area contributed by atoms with E-state index in [1.165, 1.54) is 16.2 Å². The zero-order chi connectivity index (χ0) is 15.4. The van der Waals surface area contributed by atoms with Crippen LogP contribution in [0.2, 0.25) is 0 Å². The highest BCUT2D eigenvalue weighted by Gasteiger charge is 2.24. The standard InChI is InChI=1S/C15H17N3O2S/c1-10-8-21-9-13(10)17-14(19)15(20)18(3)11(2)12-4-6-16-7-5-12/h4-9,11H,1-3H3,(H,17,19)/t11-/m0/s1. The molecule has 110 valence electrons. The van der Waals surface area contributed by atoms with Crippen LogP contribution in [0, 0.1) is 6.92 Å². The Kier molecular flexibility index (Phi) is 4.70. The Morgan fingerprint density at radius 3 is 2.52 bits per heavy atom. The van der Waals surface area contributed by atoms with Crippen molar-refractivity contribution in [1.82, 2.24) is 9.88 Å². The number of nitrogens with zero attached hydrogens (tertiary/aromatic N) is 2. The van der Waals surface area contributed by atoms with Gasteiger partial charge in [0.2, 0.25) is 0 Å². The van der Waals surface area contributed by atoms with Crippen LogP contribution in [0.3, 0.4) is 0 Å². The monoisotopic (exact) mass is 303 g/mol. The van der Waals surface area contributed by atoms with Crippen LogP contribution < -0.4 is 5.32 Å². The maximum atomic E-state index is 12.2. The molecule has 0 radical (unpaired) electrons. The zero-order valence-electron chi connectivity index (χ0n) is 12.2. The molecule has 1 N–H and O–H groups in total. The van der Waals surface area contributed by atoms with Gasteiger partial charge in [-0.15, -0.1) is 11.3 Å². The summed E-state index contributed by atoms with van der Waals surface area (Å²) in [4.78, 5) is 29.6. The lowest BCUT2D eigenvalue weighted by Crippen LogP contribution is -2.38. The molecule has 0 aliphatic rings. The second-order valence-corrected chi connectivity index (χ2v) is 5.54. The molecule has 0 bridgehead atoms. The lowest BCUT2D eigenvalue weighted by molar-refractivity contribution is -0.143. The molecular formula is C15H17N3O2S. The highest BCUT2D eigenvalue weighted by Crippen LogP contribution is 2.21. The maximum absolute atomic E-state index is 12.2. The number of nitrogens with one attached hydrogen (secondary N) is 1. The second-order valence-electron chi connectivity index (χ2n) is 4.80. The predicted octanol–water partition coefficient (Wildman–Crippen LogP) is 2.61. The molecule has 0 aliphatic carbocycles. The molecule has 0 aliphatic heterocycles. The Bertz CT molecular complexity index is 639. The number of hydrogen-bond donors (Lipinski definition) is 1. The smallest absolute Gasteiger partial charge is 0.313 e.